The van der Waals surface area contributed by atoms with Crippen LogP contribution in [0.15, 0.2) is 60.7 Å². The Morgan fingerprint density at radius 3 is 1.67 bits per heavy atom. The van der Waals surface area contributed by atoms with E-state index in [4.69, 9.17) is 15.6 Å². The van der Waals surface area contributed by atoms with Crippen LogP contribution >= 0.6 is 15.9 Å². The molecule has 4 unspecified atom stereocenters. The van der Waals surface area contributed by atoms with Crippen molar-refractivity contribution in [3.63, 3.8) is 0 Å². The molecule has 0 aromatic heterocycles. The van der Waals surface area contributed by atoms with Crippen LogP contribution in [0.2, 0.25) is 0 Å². The molecular weight excluding hydrogens is 654 g/mol. The van der Waals surface area contributed by atoms with Crippen molar-refractivity contribution < 1.29 is 56.1 Å². The molecule has 2 fully saturated rings. The maximum atomic E-state index is 9.96. The number of rotatable bonds is 12. The molecule has 2 aliphatic carbocycles. The quantitative estimate of drug-likeness (QED) is 0.139. The summed E-state index contributed by atoms with van der Waals surface area (Å²) in [4.78, 5) is 0. The van der Waals surface area contributed by atoms with Crippen molar-refractivity contribution in [2.45, 2.75) is 118 Å². The van der Waals surface area contributed by atoms with Crippen LogP contribution in [0.3, 0.4) is 0 Å². The molecule has 2 saturated carbocycles. The molecule has 0 saturated heterocycles. The molecule has 0 bridgehead atoms. The second-order valence-corrected chi connectivity index (χ2v) is 14.9. The second-order valence-electron chi connectivity index (χ2n) is 14.1. The van der Waals surface area contributed by atoms with Gasteiger partial charge in [0.05, 0.1) is 53.8 Å². The molecule has 46 heavy (non-hydrogen) atoms. The number of aliphatic hydroxyl groups excluding tert-OH is 1. The molecule has 4 rings (SSSR count). The van der Waals surface area contributed by atoms with Gasteiger partial charge < -0.3 is 20.7 Å². The van der Waals surface area contributed by atoms with E-state index < -0.39 is 7.15 Å². The Balaban J connectivity index is 0. The van der Waals surface area contributed by atoms with Gasteiger partial charge in [-0.1, -0.05) is 117 Å². The summed E-state index contributed by atoms with van der Waals surface area (Å²) >= 11 is 3.30. The third-order valence-corrected chi connectivity index (χ3v) is 9.21. The molecule has 1 N–H and O–H groups in total. The fourth-order valence-electron chi connectivity index (χ4n) is 6.34. The average Bonchev–Trinajstić information content (AvgIpc) is 3.02. The fraction of sp³-hybridized carbons (Fsp3) is 0.692. The van der Waals surface area contributed by atoms with Crippen molar-refractivity contribution in [2.24, 2.45) is 22.7 Å². The van der Waals surface area contributed by atoms with E-state index in [2.05, 4.69) is 74.8 Å². The first-order valence-corrected chi connectivity index (χ1v) is 18.0. The van der Waals surface area contributed by atoms with Crippen LogP contribution in [0.1, 0.15) is 107 Å². The monoisotopic (exact) mass is 719 g/mol. The second kappa shape index (κ2) is 26.5. The minimum absolute atomic E-state index is 0. The summed E-state index contributed by atoms with van der Waals surface area (Å²) in [5, 5.41) is 10.3. The number of ether oxygens (including phenoxy) is 3. The Morgan fingerprint density at radius 2 is 1.26 bits per heavy atom. The van der Waals surface area contributed by atoms with Crippen molar-refractivity contribution in [2.75, 3.05) is 32.3 Å². The minimum atomic E-state index is -1.00. The van der Waals surface area contributed by atoms with Gasteiger partial charge in [0.25, 0.3) is 0 Å². The van der Waals surface area contributed by atoms with Gasteiger partial charge in [-0.3, -0.25) is 4.39 Å². The zero-order valence-electron chi connectivity index (χ0n) is 32.1. The Bertz CT molecular complexity index is 988. The summed E-state index contributed by atoms with van der Waals surface area (Å²) in [6, 6.07) is 20.5. The molecule has 2 aromatic rings. The van der Waals surface area contributed by atoms with Crippen LogP contribution in [-0.2, 0) is 27.4 Å². The van der Waals surface area contributed by atoms with Crippen molar-refractivity contribution in [1.82, 2.24) is 0 Å². The Morgan fingerprint density at radius 1 is 0.826 bits per heavy atom. The number of hydrogen-bond acceptors (Lipinski definition) is 4. The minimum Gasteiger partial charge on any atom is -1.00 e. The normalized spacial score (nSPS) is 21.2. The molecule has 0 aliphatic heterocycles. The van der Waals surface area contributed by atoms with Crippen LogP contribution in [0, 0.1) is 22.7 Å². The number of benzene rings is 2. The molecule has 0 radical (unpaired) electrons. The first-order chi connectivity index (χ1) is 21.9. The van der Waals surface area contributed by atoms with Crippen LogP contribution < -0.4 is 29.6 Å². The molecule has 2 aliphatic rings. The van der Waals surface area contributed by atoms with Crippen LogP contribution in [0.4, 0.5) is 4.39 Å². The average molecular weight is 721 g/mol. The molecule has 4 atom stereocenters. The molecule has 7 heteroatoms. The van der Waals surface area contributed by atoms with E-state index in [0.717, 1.165) is 11.9 Å². The summed E-state index contributed by atoms with van der Waals surface area (Å²) in [6.45, 7) is 17.1. The summed E-state index contributed by atoms with van der Waals surface area (Å²) < 4.78 is 32.5. The smallest absolute Gasteiger partial charge is 1.00 e. The predicted molar refractivity (Wildman–Crippen MR) is 193 cm³/mol. The van der Waals surface area contributed by atoms with Gasteiger partial charge in [-0.05, 0) is 86.2 Å². The Hall–Kier alpha value is -0.310. The van der Waals surface area contributed by atoms with E-state index in [1.54, 1.807) is 0 Å². The topological polar surface area (TPSA) is 47.9 Å². The summed E-state index contributed by atoms with van der Waals surface area (Å²) in [7, 11) is -1.00. The van der Waals surface area contributed by atoms with Gasteiger partial charge in [0, 0.05) is 5.33 Å². The summed E-state index contributed by atoms with van der Waals surface area (Å²) in [5.74, 6) is 1.27. The molecule has 0 amide bonds. The first-order valence-electron chi connectivity index (χ1n) is 17.6. The molecule has 260 valence electrons. The zero-order chi connectivity index (χ0) is 34.3. The van der Waals surface area contributed by atoms with E-state index >= 15 is 0 Å². The molecule has 0 spiro atoms. The summed E-state index contributed by atoms with van der Waals surface area (Å²) in [5.41, 5.74) is 3.41. The zero-order valence-corrected chi connectivity index (χ0v) is 33.7. The Kier molecular flexibility index (Phi) is 25.2. The number of halogens is 2. The van der Waals surface area contributed by atoms with Gasteiger partial charge in [-0.25, -0.2) is 0 Å². The van der Waals surface area contributed by atoms with Gasteiger partial charge in [0.2, 0.25) is 0 Å². The van der Waals surface area contributed by atoms with Gasteiger partial charge in [0.1, 0.15) is 0 Å². The van der Waals surface area contributed by atoms with E-state index in [9.17, 15) is 9.50 Å². The maximum absolute atomic E-state index is 9.96. The SMILES string of the molecule is BrCCOCc1ccccc1.CC(O)C1CCCC(C)(C)C1.CC(OCCOCc1ccccc1)C1CCCC(C)(C)C1.[2H]CF.[H-].[Na+]. The van der Waals surface area contributed by atoms with E-state index in [1.165, 1.54) is 62.5 Å². The van der Waals surface area contributed by atoms with E-state index in [1.807, 2.05) is 43.3 Å². The molecule has 0 heterocycles. The van der Waals surface area contributed by atoms with Crippen LogP contribution in [0.25, 0.3) is 0 Å². The van der Waals surface area contributed by atoms with E-state index in [0.29, 0.717) is 55.2 Å². The third kappa shape index (κ3) is 21.6. The standard InChI is InChI=1S/C19H30O2.C10H20O.C9H11BrO.CH3F.Na.H/c1-16(18-10-7-11-19(2,3)14-18)21-13-12-20-15-17-8-5-4-6-9-17;1-8(11)9-5-4-6-10(2,3)7-9;10-6-7-11-8-9-4-2-1-3-5-9;1-2;;/h4-6,8-9,16,18H,7,10-15H2,1-3H3;8-9,11H,4-7H2,1-3H3;1-5H,6-8H2;1H3;;/q;;;;+1;-1/i;;;1D;;. The number of aliphatic hydroxyl groups is 1. The van der Waals surface area contributed by atoms with Gasteiger partial charge in [0.15, 0.2) is 0 Å². The van der Waals surface area contributed by atoms with Gasteiger partial charge >= 0.3 is 29.6 Å². The fourth-order valence-corrected chi connectivity index (χ4v) is 6.57. The van der Waals surface area contributed by atoms with Crippen LogP contribution in [0.5, 0.6) is 0 Å². The molecule has 2 aromatic carbocycles. The molecule has 4 nitrogen and oxygen atoms in total. The van der Waals surface area contributed by atoms with Gasteiger partial charge in [-0.2, -0.15) is 0 Å². The maximum Gasteiger partial charge on any atom is 1.00 e. The Labute approximate surface area is 315 Å². The van der Waals surface area contributed by atoms with Crippen molar-refractivity contribution in [3.8, 4) is 0 Å². The predicted octanol–water partition coefficient (Wildman–Crippen LogP) is 7.71. The van der Waals surface area contributed by atoms with Gasteiger partial charge in [-0.15, -0.1) is 0 Å². The van der Waals surface area contributed by atoms with Crippen molar-refractivity contribution in [3.05, 3.63) is 71.8 Å². The molecular formula is C39H65BrFNaO4. The summed E-state index contributed by atoms with van der Waals surface area (Å²) in [6.07, 6.45) is 10.6. The largest absolute Gasteiger partial charge is 1.00 e. The number of alkyl halides is 2. The van der Waals surface area contributed by atoms with Crippen LogP contribution in [-0.4, -0.2) is 49.6 Å². The van der Waals surface area contributed by atoms with Crippen molar-refractivity contribution >= 4 is 15.9 Å². The van der Waals surface area contributed by atoms with E-state index in [-0.39, 0.29) is 37.1 Å². The number of hydrogen-bond donors (Lipinski definition) is 1. The van der Waals surface area contributed by atoms with Crippen molar-refractivity contribution in [1.29, 1.82) is 0 Å². The third-order valence-electron chi connectivity index (χ3n) is 8.89. The first kappa shape index (κ1) is 43.7.